The van der Waals surface area contributed by atoms with Crippen LogP contribution in [0.4, 0.5) is 11.4 Å². The molecule has 4 heterocycles. The van der Waals surface area contributed by atoms with E-state index in [-0.39, 0.29) is 11.1 Å². The lowest BCUT2D eigenvalue weighted by Gasteiger charge is -2.47. The molecule has 44 heavy (non-hydrogen) atoms. The smallest absolute Gasteiger partial charge is 0.339 e. The summed E-state index contributed by atoms with van der Waals surface area (Å²) in [5.74, 6) is 0.516. The molecule has 1 saturated carbocycles. The maximum atomic E-state index is 12.0. The van der Waals surface area contributed by atoms with Crippen LogP contribution in [0, 0.1) is 0 Å². The maximum Gasteiger partial charge on any atom is 0.339 e. The van der Waals surface area contributed by atoms with Crippen LogP contribution in [0.1, 0.15) is 60.4 Å². The van der Waals surface area contributed by atoms with Crippen LogP contribution in [0.5, 0.6) is 11.5 Å². The molecular weight excluding hydrogens is 548 g/mol. The first-order chi connectivity index (χ1) is 21.6. The molecule has 2 saturated heterocycles. The third-order valence-corrected chi connectivity index (χ3v) is 9.92. The Morgan fingerprint density at radius 1 is 0.909 bits per heavy atom. The van der Waals surface area contributed by atoms with Gasteiger partial charge in [-0.05, 0) is 104 Å². The topological polar surface area (TPSA) is 81.7 Å². The highest BCUT2D eigenvalue weighted by molar-refractivity contribution is 5.92. The fraction of sp³-hybridized carbons (Fsp3) is 0.297. The van der Waals surface area contributed by atoms with Gasteiger partial charge in [-0.15, -0.1) is 0 Å². The van der Waals surface area contributed by atoms with Crippen LogP contribution in [-0.4, -0.2) is 46.2 Å². The van der Waals surface area contributed by atoms with E-state index in [1.165, 1.54) is 56.4 Å². The lowest BCUT2D eigenvalue weighted by molar-refractivity contribution is 0.0694. The molecule has 1 aliphatic carbocycles. The standard InChI is InChI=1S/C37H36N4O3/c42-36(43)32-13-10-27(23-34(32)44-30-22-28-14-18-38-35(28)39-24-30)25-8-11-29(12-9-25)40-20-16-37(17-21-40)15-3-19-41(37)33-5-2-1-4-31(33)26-6-7-26/h1-2,4-5,8-14,18,22-24,26H,3,6-7,15-17,19-21H2,(H,38,39)(H,42,43). The number of ether oxygens (including phenoxy) is 1. The van der Waals surface area contributed by atoms with Gasteiger partial charge in [0, 0.05) is 48.1 Å². The van der Waals surface area contributed by atoms with Crippen molar-refractivity contribution in [2.75, 3.05) is 29.4 Å². The zero-order chi connectivity index (χ0) is 29.7. The van der Waals surface area contributed by atoms with Gasteiger partial charge in [-0.1, -0.05) is 36.4 Å². The number of pyridine rings is 1. The Balaban J connectivity index is 0.989. The summed E-state index contributed by atoms with van der Waals surface area (Å²) in [7, 11) is 0. The van der Waals surface area contributed by atoms with Gasteiger partial charge in [-0.3, -0.25) is 0 Å². The molecule has 0 radical (unpaired) electrons. The van der Waals surface area contributed by atoms with Gasteiger partial charge in [0.15, 0.2) is 0 Å². The molecule has 0 atom stereocenters. The van der Waals surface area contributed by atoms with Gasteiger partial charge < -0.3 is 24.6 Å². The van der Waals surface area contributed by atoms with Crippen molar-refractivity contribution in [1.29, 1.82) is 0 Å². The summed E-state index contributed by atoms with van der Waals surface area (Å²) in [4.78, 5) is 24.7. The molecule has 3 fully saturated rings. The first kappa shape index (κ1) is 26.8. The van der Waals surface area contributed by atoms with Gasteiger partial charge >= 0.3 is 5.97 Å². The molecule has 0 bridgehead atoms. The van der Waals surface area contributed by atoms with Crippen LogP contribution < -0.4 is 14.5 Å². The van der Waals surface area contributed by atoms with Crippen LogP contribution in [0.25, 0.3) is 22.2 Å². The lowest BCUT2D eigenvalue weighted by Crippen LogP contribution is -2.52. The number of aromatic carboxylic acids is 1. The summed E-state index contributed by atoms with van der Waals surface area (Å²) < 4.78 is 6.07. The summed E-state index contributed by atoms with van der Waals surface area (Å²) in [6, 6.07) is 26.8. The fourth-order valence-corrected chi connectivity index (χ4v) is 7.42. The fourth-order valence-electron chi connectivity index (χ4n) is 7.42. The van der Waals surface area contributed by atoms with Gasteiger partial charge in [0.05, 0.1) is 6.20 Å². The monoisotopic (exact) mass is 584 g/mol. The van der Waals surface area contributed by atoms with Gasteiger partial charge in [-0.2, -0.15) is 0 Å². The van der Waals surface area contributed by atoms with E-state index < -0.39 is 5.97 Å². The minimum absolute atomic E-state index is 0.113. The second-order valence-corrected chi connectivity index (χ2v) is 12.6. The van der Waals surface area contributed by atoms with E-state index in [0.717, 1.165) is 41.2 Å². The minimum atomic E-state index is -1.03. The summed E-state index contributed by atoms with van der Waals surface area (Å²) in [5.41, 5.74) is 7.35. The first-order valence-electron chi connectivity index (χ1n) is 15.8. The molecule has 5 aromatic rings. The number of nitrogens with one attached hydrogen (secondary N) is 1. The molecule has 3 aromatic carbocycles. The third-order valence-electron chi connectivity index (χ3n) is 9.92. The number of nitrogens with zero attached hydrogens (tertiary/aromatic N) is 3. The van der Waals surface area contributed by atoms with Crippen LogP contribution in [0.2, 0.25) is 0 Å². The number of anilines is 2. The third kappa shape index (κ3) is 4.86. The summed E-state index contributed by atoms with van der Waals surface area (Å²) in [5, 5.41) is 10.7. The number of hydrogen-bond acceptors (Lipinski definition) is 5. The van der Waals surface area contributed by atoms with Crippen molar-refractivity contribution in [3.63, 3.8) is 0 Å². The number of fused-ring (bicyclic) bond motifs is 1. The number of rotatable bonds is 7. The number of H-pyrrole nitrogens is 1. The van der Waals surface area contributed by atoms with Crippen molar-refractivity contribution in [3.05, 3.63) is 102 Å². The average Bonchev–Trinajstić information content (AvgIpc) is 3.67. The van der Waals surface area contributed by atoms with Crippen LogP contribution in [0.3, 0.4) is 0 Å². The number of hydrogen-bond donors (Lipinski definition) is 2. The lowest BCUT2D eigenvalue weighted by atomic mass is 9.84. The highest BCUT2D eigenvalue weighted by atomic mass is 16.5. The van der Waals surface area contributed by atoms with E-state index in [1.54, 1.807) is 23.9 Å². The van der Waals surface area contributed by atoms with Crippen LogP contribution >= 0.6 is 0 Å². The Morgan fingerprint density at radius 2 is 1.70 bits per heavy atom. The molecule has 1 spiro atoms. The quantitative estimate of drug-likeness (QED) is 0.201. The molecular formula is C37H36N4O3. The molecule has 2 aromatic heterocycles. The predicted octanol–water partition coefficient (Wildman–Crippen LogP) is 8.24. The second kappa shape index (κ2) is 10.7. The number of carboxylic acids is 1. The van der Waals surface area contributed by atoms with E-state index >= 15 is 0 Å². The van der Waals surface area contributed by atoms with Crippen molar-refractivity contribution in [1.82, 2.24) is 9.97 Å². The second-order valence-electron chi connectivity index (χ2n) is 12.6. The maximum absolute atomic E-state index is 12.0. The Labute approximate surface area is 257 Å². The number of benzene rings is 3. The number of carboxylic acid groups (broad SMARTS) is 1. The molecule has 0 unspecified atom stereocenters. The Bertz CT molecular complexity index is 1830. The first-order valence-corrected chi connectivity index (χ1v) is 15.8. The van der Waals surface area contributed by atoms with Crippen LogP contribution in [0.15, 0.2) is 91.3 Å². The molecule has 222 valence electrons. The zero-order valence-corrected chi connectivity index (χ0v) is 24.7. The highest BCUT2D eigenvalue weighted by Gasteiger charge is 2.44. The Kier molecular flexibility index (Phi) is 6.54. The summed E-state index contributed by atoms with van der Waals surface area (Å²) in [6.07, 6.45) is 11.0. The molecule has 7 heteroatoms. The number of carbonyl (C=O) groups is 1. The largest absolute Gasteiger partial charge is 0.478 e. The average molecular weight is 585 g/mol. The zero-order valence-electron chi connectivity index (χ0n) is 24.7. The van der Waals surface area contributed by atoms with Gasteiger partial charge in [0.25, 0.3) is 0 Å². The Morgan fingerprint density at radius 3 is 2.50 bits per heavy atom. The van der Waals surface area contributed by atoms with E-state index in [4.69, 9.17) is 4.74 Å². The van der Waals surface area contributed by atoms with Crippen molar-refractivity contribution in [3.8, 4) is 22.6 Å². The van der Waals surface area contributed by atoms with Crippen molar-refractivity contribution >= 4 is 28.4 Å². The molecule has 2 N–H and O–H groups in total. The van der Waals surface area contributed by atoms with Crippen LogP contribution in [-0.2, 0) is 0 Å². The highest BCUT2D eigenvalue weighted by Crippen LogP contribution is 2.49. The van der Waals surface area contributed by atoms with Crippen molar-refractivity contribution in [2.45, 2.75) is 50.0 Å². The summed E-state index contributed by atoms with van der Waals surface area (Å²) in [6.45, 7) is 3.26. The normalized spacial score (nSPS) is 17.8. The number of aromatic amines is 1. The Hall–Kier alpha value is -4.78. The predicted molar refractivity (Wildman–Crippen MR) is 174 cm³/mol. The number of aromatic nitrogens is 2. The van der Waals surface area contributed by atoms with Gasteiger partial charge in [0.1, 0.15) is 22.7 Å². The van der Waals surface area contributed by atoms with E-state index in [9.17, 15) is 9.90 Å². The molecule has 0 amide bonds. The molecule has 7 nitrogen and oxygen atoms in total. The van der Waals surface area contributed by atoms with E-state index in [0.29, 0.717) is 11.5 Å². The van der Waals surface area contributed by atoms with Gasteiger partial charge in [0.2, 0.25) is 0 Å². The molecule has 8 rings (SSSR count). The number of para-hydroxylation sites is 1. The van der Waals surface area contributed by atoms with E-state index in [1.807, 2.05) is 24.4 Å². The summed E-state index contributed by atoms with van der Waals surface area (Å²) >= 11 is 0. The molecule has 2 aliphatic heterocycles. The minimum Gasteiger partial charge on any atom is -0.478 e. The van der Waals surface area contributed by atoms with Gasteiger partial charge in [-0.25, -0.2) is 9.78 Å². The number of piperidine rings is 1. The van der Waals surface area contributed by atoms with Crippen molar-refractivity contribution in [2.24, 2.45) is 0 Å². The molecule has 3 aliphatic rings. The van der Waals surface area contributed by atoms with E-state index in [2.05, 4.69) is 68.3 Å². The SMILES string of the molecule is O=C(O)c1ccc(-c2ccc(N3CCC4(CCCN4c4ccccc4C4CC4)CC3)cc2)cc1Oc1cnc2[nH]ccc2c1. The van der Waals surface area contributed by atoms with Crippen molar-refractivity contribution < 1.29 is 14.6 Å².